The van der Waals surface area contributed by atoms with Crippen LogP contribution in [0, 0.1) is 90.0 Å². The number of aliphatic hydroxyl groups is 3. The predicted octanol–water partition coefficient (Wildman–Crippen LogP) is 15.4. The number of sulfonamides is 4. The van der Waals surface area contributed by atoms with Crippen molar-refractivity contribution < 1.29 is 77.7 Å². The fraction of sp³-hybridized carbons (Fsp3) is 0.333. The van der Waals surface area contributed by atoms with Gasteiger partial charge in [0, 0.05) is 77.2 Å². The largest absolute Gasteiger partial charge is 0.454 e. The summed E-state index contributed by atoms with van der Waals surface area (Å²) in [5, 5.41) is 27.9. The third-order valence-electron chi connectivity index (χ3n) is 19.1. The first-order chi connectivity index (χ1) is 60.1. The molecule has 11 aromatic rings. The number of carbonyl (C=O) groups excluding carboxylic acids is 1. The van der Waals surface area contributed by atoms with Gasteiger partial charge in [0.2, 0.25) is 46.9 Å². The molecule has 696 valence electrons. The Kier molecular flexibility index (Phi) is 50.6. The first-order valence-corrected chi connectivity index (χ1v) is 48.7. The molecule has 3 heterocycles. The molecular weight excluding hydrogens is 1720 g/mol. The maximum atomic E-state index is 12.1. The number of rotatable bonds is 23. The molecule has 0 saturated carbocycles. The molecule has 0 aliphatic carbocycles. The number of morpholine rings is 1. The van der Waals surface area contributed by atoms with Crippen LogP contribution in [0.3, 0.4) is 0 Å². The molecule has 0 radical (unpaired) electrons. The maximum Gasteiger partial charge on any atom is 0.242 e. The highest BCUT2D eigenvalue weighted by atomic mass is 32.2. The van der Waals surface area contributed by atoms with Crippen molar-refractivity contribution in [2.45, 2.75) is 166 Å². The summed E-state index contributed by atoms with van der Waals surface area (Å²) in [7, 11) is -12.0. The molecule has 24 nitrogen and oxygen atoms in total. The van der Waals surface area contributed by atoms with Crippen molar-refractivity contribution in [1.29, 1.82) is 0 Å². The van der Waals surface area contributed by atoms with Crippen LogP contribution in [0.2, 0.25) is 0 Å². The summed E-state index contributed by atoms with van der Waals surface area (Å²) >= 11 is 0. The summed E-state index contributed by atoms with van der Waals surface area (Å²) in [6.45, 7) is 35.3. The van der Waals surface area contributed by atoms with Crippen molar-refractivity contribution in [1.82, 2.24) is 28.2 Å². The molecular formula is C99H133N7O17S5. The molecule has 1 saturated heterocycles. The second-order valence-corrected chi connectivity index (χ2v) is 39.4. The number of ketones is 1. The Morgan fingerprint density at radius 2 is 0.875 bits per heavy atom. The zero-order chi connectivity index (χ0) is 94.3. The minimum atomic E-state index is -3.74. The minimum absolute atomic E-state index is 0. The van der Waals surface area contributed by atoms with Crippen LogP contribution in [0.4, 0.5) is 5.69 Å². The van der Waals surface area contributed by atoms with Gasteiger partial charge in [-0.3, -0.25) is 9.78 Å². The highest BCUT2D eigenvalue weighted by molar-refractivity contribution is 7.90. The summed E-state index contributed by atoms with van der Waals surface area (Å²) in [5.41, 5.74) is 16.9. The SMILES string of the molecule is CC(=O)CC(O)CNS(=O)(=O)c1ccc(C)cc1.CCC(CO)(CO)NS(=O)(=O)c1ccc(C)cc1.CCNS(=O)(=O)c1ccc(C)cc1.Cc1ccc(C)cc1.Cc1ccc(N2CCOCC2)cc1.Cc1ccc(S(=O)(=O)N(C)C)cc1.Cc1ccc(S(=O)NCCc2ccccn2)cc1.Cc1ccc2c(c1)OCO2.Cc1cccc(C)c1.Cc1ccccc1C.O. The molecule has 1 aromatic heterocycles. The number of carbonyl (C=O) groups is 1. The quantitative estimate of drug-likeness (QED) is 0.0313. The number of anilines is 1. The first kappa shape index (κ1) is 112. The number of benzene rings is 10. The minimum Gasteiger partial charge on any atom is -0.454 e. The monoisotopic (exact) mass is 1850 g/mol. The zero-order valence-corrected chi connectivity index (χ0v) is 81.2. The fourth-order valence-corrected chi connectivity index (χ4v) is 16.4. The van der Waals surface area contributed by atoms with Crippen molar-refractivity contribution in [3.63, 3.8) is 0 Å². The number of hydrogen-bond acceptors (Lipinski definition) is 18. The summed E-state index contributed by atoms with van der Waals surface area (Å²) in [6.07, 6.45) is 1.79. The lowest BCUT2D eigenvalue weighted by molar-refractivity contribution is -0.118. The van der Waals surface area contributed by atoms with E-state index in [-0.39, 0.29) is 34.0 Å². The second kappa shape index (κ2) is 57.8. The van der Waals surface area contributed by atoms with E-state index in [1.54, 1.807) is 92.8 Å². The number of aryl methyl sites for hydroxylation is 13. The average molecular weight is 1850 g/mol. The van der Waals surface area contributed by atoms with E-state index < -0.39 is 75.9 Å². The molecule has 0 amide bonds. The Hall–Kier alpha value is -10.0. The smallest absolute Gasteiger partial charge is 0.242 e. The van der Waals surface area contributed by atoms with Crippen LogP contribution in [0.25, 0.3) is 0 Å². The van der Waals surface area contributed by atoms with Crippen molar-refractivity contribution in [3.8, 4) is 11.5 Å². The summed E-state index contributed by atoms with van der Waals surface area (Å²) in [6, 6.07) is 79.7. The van der Waals surface area contributed by atoms with Gasteiger partial charge < -0.3 is 39.9 Å². The number of fused-ring (bicyclic) bond motifs is 1. The maximum absolute atomic E-state index is 12.1. The Labute approximate surface area is 764 Å². The summed E-state index contributed by atoms with van der Waals surface area (Å²) in [5.74, 6) is 1.53. The van der Waals surface area contributed by atoms with Crippen LogP contribution in [0.1, 0.15) is 112 Å². The lowest BCUT2D eigenvalue weighted by atomic mass is 10.0. The Balaban J connectivity index is 0.000000371. The number of Topliss-reactive ketones (excluding diaryl/α,β-unsaturated/α-hetero) is 1. The van der Waals surface area contributed by atoms with Crippen LogP contribution >= 0.6 is 0 Å². The van der Waals surface area contributed by atoms with Gasteiger partial charge in [-0.25, -0.2) is 61.1 Å². The van der Waals surface area contributed by atoms with E-state index in [1.165, 1.54) is 105 Å². The van der Waals surface area contributed by atoms with Gasteiger partial charge in [-0.1, -0.05) is 227 Å². The van der Waals surface area contributed by atoms with Crippen molar-refractivity contribution in [2.75, 3.05) is 84.9 Å². The number of ether oxygens (including phenoxy) is 3. The lowest BCUT2D eigenvalue weighted by Crippen LogP contribution is -2.53. The second-order valence-electron chi connectivity index (χ2n) is 30.7. The van der Waals surface area contributed by atoms with Gasteiger partial charge in [0.1, 0.15) is 16.8 Å². The molecule has 0 bridgehead atoms. The van der Waals surface area contributed by atoms with Gasteiger partial charge in [-0.2, -0.15) is 0 Å². The van der Waals surface area contributed by atoms with Crippen molar-refractivity contribution in [2.24, 2.45) is 0 Å². The van der Waals surface area contributed by atoms with Gasteiger partial charge >= 0.3 is 0 Å². The number of pyridine rings is 1. The van der Waals surface area contributed by atoms with E-state index in [9.17, 15) is 58.0 Å². The van der Waals surface area contributed by atoms with E-state index in [1.807, 2.05) is 102 Å². The molecule has 128 heavy (non-hydrogen) atoms. The number of nitrogens with zero attached hydrogens (tertiary/aromatic N) is 3. The molecule has 2 aliphatic heterocycles. The highest BCUT2D eigenvalue weighted by Crippen LogP contribution is 2.32. The van der Waals surface area contributed by atoms with E-state index >= 15 is 0 Å². The van der Waals surface area contributed by atoms with Crippen LogP contribution in [-0.4, -0.2) is 165 Å². The molecule has 10 aromatic carbocycles. The fourth-order valence-electron chi connectivity index (χ4n) is 11.0. The van der Waals surface area contributed by atoms with Gasteiger partial charge in [-0.05, 0) is 217 Å². The number of aromatic nitrogens is 1. The molecule has 13 rings (SSSR count). The third kappa shape index (κ3) is 42.9. The zero-order valence-electron chi connectivity index (χ0n) is 77.1. The highest BCUT2D eigenvalue weighted by Gasteiger charge is 2.33. The van der Waals surface area contributed by atoms with Crippen LogP contribution in [0.15, 0.2) is 285 Å². The number of nitrogens with one attached hydrogen (secondary N) is 4. The standard InChI is InChI=1S/C14H16N2OS.C12H17NO4S.C12H19NO4S.C11H15NO.2C9H13NO2S.C8H8O2.3C8H10.H2O/c1-12-5-7-14(8-6-12)18(17)16-11-9-13-4-2-3-10-15-13;1-9-3-5-12(6-4-9)18(16,17)13-8-11(15)7-10(2)14;1-3-12(8-14,9-15)13-18(16,17)11-6-4-10(2)5-7-11;1-10-2-4-11(5-3-10)12-6-8-13-9-7-12;1-8-4-6-9(7-5-8)13(11,12)10(2)3;1-3-10-13(11,12)9-6-4-8(2)5-7-9;1-6-2-3-7-8(4-6)10-5-9-7;1-7-3-5-8(2)6-4-7;1-7-4-3-5-8(2)6-7;1-7-5-3-4-6-8(7)2;/h2-8,10,16H,9,11H2,1H3;3-6,11,13,15H,7-8H2,1-2H3;4-7,13-15H,3,8-9H2,1-2H3;2-5H,6-9H2,1H3;4-7H,1-3H3;4-7,10H,3H2,1-2H3;2-4H,5H2,1H3;3*3-6H,1-2H3;1H2. The average Bonchev–Trinajstić information content (AvgIpc) is 1.26. The van der Waals surface area contributed by atoms with E-state index in [0.717, 1.165) is 77.1 Å². The topological polar surface area (TPSA) is 358 Å². The van der Waals surface area contributed by atoms with Crippen molar-refractivity contribution >= 4 is 62.5 Å². The van der Waals surface area contributed by atoms with Gasteiger partial charge in [0.15, 0.2) is 11.5 Å². The Morgan fingerprint density at radius 3 is 1.27 bits per heavy atom. The Bertz CT molecular complexity index is 5470. The normalized spacial score (nSPS) is 12.3. The molecule has 0 spiro atoms. The molecule has 2 aliphatic rings. The van der Waals surface area contributed by atoms with Gasteiger partial charge in [0.25, 0.3) is 0 Å². The predicted molar refractivity (Wildman–Crippen MR) is 517 cm³/mol. The van der Waals surface area contributed by atoms with E-state index in [2.05, 4.69) is 174 Å². The first-order valence-electron chi connectivity index (χ1n) is 41.6. The van der Waals surface area contributed by atoms with Crippen LogP contribution in [0.5, 0.6) is 11.5 Å². The summed E-state index contributed by atoms with van der Waals surface area (Å²) in [4.78, 5) is 19.1. The summed E-state index contributed by atoms with van der Waals surface area (Å²) < 4.78 is 133. The van der Waals surface area contributed by atoms with Crippen molar-refractivity contribution in [3.05, 3.63) is 339 Å². The molecule has 1 fully saturated rings. The van der Waals surface area contributed by atoms with Crippen LogP contribution < -0.4 is 33.3 Å². The molecule has 29 heteroatoms. The molecule has 2 atom stereocenters. The van der Waals surface area contributed by atoms with Crippen LogP contribution in [-0.2, 0) is 67.0 Å². The Morgan fingerprint density at radius 1 is 0.484 bits per heavy atom. The lowest BCUT2D eigenvalue weighted by Gasteiger charge is -2.29. The molecule has 2 unspecified atom stereocenters. The van der Waals surface area contributed by atoms with Gasteiger partial charge in [0.05, 0.1) is 62.5 Å². The van der Waals surface area contributed by atoms with Gasteiger partial charge in [-0.15, -0.1) is 0 Å². The van der Waals surface area contributed by atoms with E-state index in [4.69, 9.17) is 14.2 Å². The van der Waals surface area contributed by atoms with E-state index in [0.29, 0.717) is 36.1 Å². The number of aliphatic hydroxyl groups excluding tert-OH is 3. The third-order valence-corrected chi connectivity index (χ3v) is 26.7. The number of hydrogen-bond donors (Lipinski definition) is 7. The molecule has 9 N–H and O–H groups in total.